The molecule has 65 valence electrons. The molecule has 0 bridgehead atoms. The fourth-order valence-electron chi connectivity index (χ4n) is 1.10. The topological polar surface area (TPSA) is 20.2 Å². The predicted octanol–water partition coefficient (Wildman–Crippen LogP) is 2.94. The van der Waals surface area contributed by atoms with Crippen LogP contribution in [-0.2, 0) is 6.42 Å². The van der Waals surface area contributed by atoms with Gasteiger partial charge in [-0.3, -0.25) is 0 Å². The molecular weight excluding hydrogens is 148 g/mol. The molecule has 0 saturated carbocycles. The van der Waals surface area contributed by atoms with Crippen molar-refractivity contribution in [2.45, 2.75) is 26.2 Å². The molecule has 1 nitrogen and oxygen atoms in total. The van der Waals surface area contributed by atoms with Crippen molar-refractivity contribution in [1.82, 2.24) is 0 Å². The number of benzene rings is 1. The van der Waals surface area contributed by atoms with E-state index < -0.39 is 0 Å². The van der Waals surface area contributed by atoms with Gasteiger partial charge in [-0.1, -0.05) is 31.9 Å². The Morgan fingerprint density at radius 3 is 2.50 bits per heavy atom. The number of hydrogen-bond acceptors (Lipinski definition) is 1. The van der Waals surface area contributed by atoms with Gasteiger partial charge in [-0.05, 0) is 30.5 Å². The molecule has 1 rings (SSSR count). The lowest BCUT2D eigenvalue weighted by Gasteiger charge is -1.99. The first-order valence-corrected chi connectivity index (χ1v) is 4.42. The zero-order valence-electron chi connectivity index (χ0n) is 7.46. The standard InChI is InChI=1S/C11H15O/c1-2-3-4-5-10-6-8-11(12)9-7-10/h4,6-9,12H,2-3,5H2,1H3. The summed E-state index contributed by atoms with van der Waals surface area (Å²) < 4.78 is 0. The van der Waals surface area contributed by atoms with E-state index in [0.29, 0.717) is 5.75 Å². The number of aromatic hydroxyl groups is 1. The minimum Gasteiger partial charge on any atom is -0.508 e. The summed E-state index contributed by atoms with van der Waals surface area (Å²) in [4.78, 5) is 0. The molecule has 1 heteroatoms. The van der Waals surface area contributed by atoms with Crippen molar-refractivity contribution in [3.63, 3.8) is 0 Å². The van der Waals surface area contributed by atoms with E-state index in [1.165, 1.54) is 18.4 Å². The lowest BCUT2D eigenvalue weighted by Crippen LogP contribution is -1.84. The second-order valence-electron chi connectivity index (χ2n) is 2.95. The van der Waals surface area contributed by atoms with Gasteiger partial charge < -0.3 is 5.11 Å². The van der Waals surface area contributed by atoms with E-state index >= 15 is 0 Å². The summed E-state index contributed by atoms with van der Waals surface area (Å²) in [5, 5.41) is 9.02. The lowest BCUT2D eigenvalue weighted by atomic mass is 10.1. The lowest BCUT2D eigenvalue weighted by molar-refractivity contribution is 0.475. The van der Waals surface area contributed by atoms with Gasteiger partial charge in [0.15, 0.2) is 0 Å². The van der Waals surface area contributed by atoms with Crippen LogP contribution in [0.4, 0.5) is 0 Å². The number of unbranched alkanes of at least 4 members (excludes halogenated alkanes) is 2. The maximum atomic E-state index is 9.02. The van der Waals surface area contributed by atoms with Crippen molar-refractivity contribution in [3.8, 4) is 5.75 Å². The second kappa shape index (κ2) is 4.81. The van der Waals surface area contributed by atoms with Crippen molar-refractivity contribution < 1.29 is 5.11 Å². The highest BCUT2D eigenvalue weighted by Crippen LogP contribution is 2.11. The van der Waals surface area contributed by atoms with E-state index in [4.69, 9.17) is 5.11 Å². The minimum atomic E-state index is 0.342. The molecule has 1 aromatic rings. The normalized spacial score (nSPS) is 10.1. The Kier molecular flexibility index (Phi) is 3.65. The molecule has 0 aromatic heterocycles. The highest BCUT2D eigenvalue weighted by Gasteiger charge is 1.92. The van der Waals surface area contributed by atoms with Crippen molar-refractivity contribution >= 4 is 0 Å². The predicted molar refractivity (Wildman–Crippen MR) is 51.0 cm³/mol. The zero-order chi connectivity index (χ0) is 8.81. The largest absolute Gasteiger partial charge is 0.508 e. The summed E-state index contributed by atoms with van der Waals surface area (Å²) in [7, 11) is 0. The van der Waals surface area contributed by atoms with Gasteiger partial charge >= 0.3 is 0 Å². The van der Waals surface area contributed by atoms with Crippen LogP contribution in [0.3, 0.4) is 0 Å². The Morgan fingerprint density at radius 2 is 1.92 bits per heavy atom. The number of phenolic OH excluding ortho intramolecular Hbond substituents is 1. The molecule has 0 atom stereocenters. The molecule has 1 radical (unpaired) electrons. The van der Waals surface area contributed by atoms with Gasteiger partial charge in [0.05, 0.1) is 0 Å². The van der Waals surface area contributed by atoms with Crippen LogP contribution in [0, 0.1) is 6.42 Å². The molecule has 1 N–H and O–H groups in total. The van der Waals surface area contributed by atoms with Crippen molar-refractivity contribution in [2.75, 3.05) is 0 Å². The van der Waals surface area contributed by atoms with Crippen LogP contribution in [0.15, 0.2) is 24.3 Å². The fraction of sp³-hybridized carbons (Fsp3) is 0.364. The molecule has 0 amide bonds. The van der Waals surface area contributed by atoms with Crippen LogP contribution in [0.2, 0.25) is 0 Å². The SMILES string of the molecule is CCC[CH]Cc1ccc(O)cc1. The summed E-state index contributed by atoms with van der Waals surface area (Å²) in [6.07, 6.45) is 5.65. The molecule has 12 heavy (non-hydrogen) atoms. The summed E-state index contributed by atoms with van der Waals surface area (Å²) in [5.41, 5.74) is 1.27. The minimum absolute atomic E-state index is 0.342. The molecule has 0 aliphatic rings. The van der Waals surface area contributed by atoms with E-state index in [1.54, 1.807) is 12.1 Å². The van der Waals surface area contributed by atoms with Crippen LogP contribution in [0.5, 0.6) is 5.75 Å². The molecule has 0 aliphatic heterocycles. The van der Waals surface area contributed by atoms with Crippen LogP contribution in [0.25, 0.3) is 0 Å². The first-order valence-electron chi connectivity index (χ1n) is 4.42. The maximum Gasteiger partial charge on any atom is 0.115 e. The van der Waals surface area contributed by atoms with E-state index in [1.807, 2.05) is 12.1 Å². The fourth-order valence-corrected chi connectivity index (χ4v) is 1.10. The average Bonchev–Trinajstić information content (AvgIpc) is 2.09. The van der Waals surface area contributed by atoms with E-state index in [0.717, 1.165) is 6.42 Å². The van der Waals surface area contributed by atoms with Crippen LogP contribution in [0.1, 0.15) is 25.3 Å². The van der Waals surface area contributed by atoms with Gasteiger partial charge in [0.2, 0.25) is 0 Å². The van der Waals surface area contributed by atoms with Crippen molar-refractivity contribution in [2.24, 2.45) is 0 Å². The highest BCUT2D eigenvalue weighted by molar-refractivity contribution is 5.26. The molecule has 0 spiro atoms. The molecule has 0 fully saturated rings. The zero-order valence-corrected chi connectivity index (χ0v) is 7.46. The van der Waals surface area contributed by atoms with Gasteiger partial charge in [-0.25, -0.2) is 0 Å². The number of rotatable bonds is 4. The third kappa shape index (κ3) is 2.95. The summed E-state index contributed by atoms with van der Waals surface area (Å²) >= 11 is 0. The molecular formula is C11H15O. The van der Waals surface area contributed by atoms with Crippen molar-refractivity contribution in [1.29, 1.82) is 0 Å². The monoisotopic (exact) mass is 163 g/mol. The van der Waals surface area contributed by atoms with Crippen molar-refractivity contribution in [3.05, 3.63) is 36.2 Å². The first-order chi connectivity index (χ1) is 5.83. The maximum absolute atomic E-state index is 9.02. The highest BCUT2D eigenvalue weighted by atomic mass is 16.3. The Balaban J connectivity index is 2.37. The first kappa shape index (κ1) is 9.11. The molecule has 1 aromatic carbocycles. The molecule has 0 unspecified atom stereocenters. The van der Waals surface area contributed by atoms with Crippen LogP contribution >= 0.6 is 0 Å². The van der Waals surface area contributed by atoms with E-state index in [-0.39, 0.29) is 0 Å². The smallest absolute Gasteiger partial charge is 0.115 e. The summed E-state index contributed by atoms with van der Waals surface area (Å²) in [6, 6.07) is 7.38. The molecule has 0 aliphatic carbocycles. The number of hydrogen-bond donors (Lipinski definition) is 1. The van der Waals surface area contributed by atoms with Crippen LogP contribution in [-0.4, -0.2) is 5.11 Å². The van der Waals surface area contributed by atoms with Gasteiger partial charge in [-0.15, -0.1) is 0 Å². The van der Waals surface area contributed by atoms with Gasteiger partial charge in [0, 0.05) is 0 Å². The Bertz CT molecular complexity index is 213. The Morgan fingerprint density at radius 1 is 1.25 bits per heavy atom. The third-order valence-corrected chi connectivity index (χ3v) is 1.81. The van der Waals surface area contributed by atoms with Crippen LogP contribution < -0.4 is 0 Å². The third-order valence-electron chi connectivity index (χ3n) is 1.81. The molecule has 0 heterocycles. The van der Waals surface area contributed by atoms with Gasteiger partial charge in [0.25, 0.3) is 0 Å². The van der Waals surface area contributed by atoms with E-state index in [9.17, 15) is 0 Å². The van der Waals surface area contributed by atoms with E-state index in [2.05, 4.69) is 13.3 Å². The summed E-state index contributed by atoms with van der Waals surface area (Å²) in [6.45, 7) is 2.17. The van der Waals surface area contributed by atoms with Gasteiger partial charge in [-0.2, -0.15) is 0 Å². The average molecular weight is 163 g/mol. The number of phenols is 1. The second-order valence-corrected chi connectivity index (χ2v) is 2.95. The molecule has 0 saturated heterocycles. The van der Waals surface area contributed by atoms with Gasteiger partial charge in [0.1, 0.15) is 5.75 Å². The Hall–Kier alpha value is -0.980. The Labute approximate surface area is 74.1 Å². The summed E-state index contributed by atoms with van der Waals surface area (Å²) in [5.74, 6) is 0.342. The quantitative estimate of drug-likeness (QED) is 0.676.